The molecule has 2 unspecified atom stereocenters. The van der Waals surface area contributed by atoms with Crippen molar-refractivity contribution in [1.82, 2.24) is 0 Å². The van der Waals surface area contributed by atoms with Crippen LogP contribution in [0.5, 0.6) is 0 Å². The zero-order valence-corrected chi connectivity index (χ0v) is 10.5. The molecule has 1 saturated heterocycles. The van der Waals surface area contributed by atoms with Crippen LogP contribution in [0, 0.1) is 24.7 Å². The maximum absolute atomic E-state index is 5.87. The summed E-state index contributed by atoms with van der Waals surface area (Å²) in [6, 6.07) is 0. The van der Waals surface area contributed by atoms with Crippen LogP contribution in [0.1, 0.15) is 26.7 Å². The normalized spacial score (nSPS) is 34.6. The molecule has 1 aliphatic heterocycles. The lowest BCUT2D eigenvalue weighted by atomic mass is 9.79. The van der Waals surface area contributed by atoms with Crippen molar-refractivity contribution >= 4 is 0 Å². The smallest absolute Gasteiger partial charge is 0.175 e. The fraction of sp³-hybridized carbons (Fsp3) is 0.467. The van der Waals surface area contributed by atoms with Gasteiger partial charge < -0.3 is 9.47 Å². The van der Waals surface area contributed by atoms with Gasteiger partial charge in [-0.25, -0.2) is 0 Å². The highest BCUT2D eigenvalue weighted by Crippen LogP contribution is 2.47. The second kappa shape index (κ2) is 4.41. The SMILES string of the molecule is C#CC1(CC=C)OC(C)(C)OC1(C#C)CC=C. The minimum atomic E-state index is -0.985. The Kier molecular flexibility index (Phi) is 3.53. The fourth-order valence-electron chi connectivity index (χ4n) is 2.25. The Labute approximate surface area is 104 Å². The van der Waals surface area contributed by atoms with Crippen LogP contribution in [0.3, 0.4) is 0 Å². The predicted octanol–water partition coefficient (Wildman–Crippen LogP) is 2.67. The molecule has 0 aliphatic carbocycles. The molecule has 1 aliphatic rings. The van der Waals surface area contributed by atoms with E-state index in [0.717, 1.165) is 0 Å². The first kappa shape index (κ1) is 13.6. The van der Waals surface area contributed by atoms with E-state index in [9.17, 15) is 0 Å². The summed E-state index contributed by atoms with van der Waals surface area (Å²) in [5.41, 5.74) is -1.97. The van der Waals surface area contributed by atoms with Gasteiger partial charge in [0.25, 0.3) is 0 Å². The summed E-state index contributed by atoms with van der Waals surface area (Å²) in [5, 5.41) is 0. The summed E-state index contributed by atoms with van der Waals surface area (Å²) in [7, 11) is 0. The third kappa shape index (κ3) is 2.03. The van der Waals surface area contributed by atoms with Gasteiger partial charge in [0.2, 0.25) is 0 Å². The van der Waals surface area contributed by atoms with Crippen LogP contribution in [0.25, 0.3) is 0 Å². The molecule has 0 amide bonds. The molecular formula is C15H18O2. The topological polar surface area (TPSA) is 18.5 Å². The number of terminal acetylenes is 2. The molecule has 0 radical (unpaired) electrons. The molecule has 90 valence electrons. The first-order chi connectivity index (χ1) is 7.91. The van der Waals surface area contributed by atoms with E-state index in [2.05, 4.69) is 25.0 Å². The Morgan fingerprint density at radius 1 is 1.00 bits per heavy atom. The Hall–Kier alpha value is -1.48. The summed E-state index contributed by atoms with van der Waals surface area (Å²) in [5.74, 6) is 4.49. The van der Waals surface area contributed by atoms with Crippen LogP contribution < -0.4 is 0 Å². The molecule has 17 heavy (non-hydrogen) atoms. The number of hydrogen-bond donors (Lipinski definition) is 0. The molecule has 2 heteroatoms. The highest BCUT2D eigenvalue weighted by atomic mass is 16.8. The summed E-state index contributed by atoms with van der Waals surface area (Å²) < 4.78 is 11.7. The van der Waals surface area contributed by atoms with Crippen molar-refractivity contribution in [2.75, 3.05) is 0 Å². The number of ether oxygens (including phenoxy) is 2. The van der Waals surface area contributed by atoms with Gasteiger partial charge in [-0.15, -0.1) is 26.0 Å². The average molecular weight is 230 g/mol. The van der Waals surface area contributed by atoms with E-state index in [1.165, 1.54) is 0 Å². The molecule has 0 N–H and O–H groups in total. The number of rotatable bonds is 4. The van der Waals surface area contributed by atoms with E-state index in [1.54, 1.807) is 26.0 Å². The van der Waals surface area contributed by atoms with E-state index in [4.69, 9.17) is 22.3 Å². The van der Waals surface area contributed by atoms with Crippen LogP contribution in [0.4, 0.5) is 0 Å². The van der Waals surface area contributed by atoms with Gasteiger partial charge in [0.15, 0.2) is 17.0 Å². The molecule has 1 rings (SSSR count). The fourth-order valence-corrected chi connectivity index (χ4v) is 2.25. The van der Waals surface area contributed by atoms with Gasteiger partial charge in [0.05, 0.1) is 0 Å². The Bertz CT molecular complexity index is 370. The Balaban J connectivity index is 3.33. The highest BCUT2D eigenvalue weighted by molar-refractivity contribution is 5.34. The molecule has 0 saturated carbocycles. The molecule has 2 atom stereocenters. The highest BCUT2D eigenvalue weighted by Gasteiger charge is 2.61. The van der Waals surface area contributed by atoms with E-state index in [-0.39, 0.29) is 0 Å². The molecule has 0 bridgehead atoms. The summed E-state index contributed by atoms with van der Waals surface area (Å²) >= 11 is 0. The van der Waals surface area contributed by atoms with Gasteiger partial charge in [-0.05, 0) is 13.8 Å². The van der Waals surface area contributed by atoms with E-state index >= 15 is 0 Å². The molecular weight excluding hydrogens is 212 g/mol. The van der Waals surface area contributed by atoms with Crippen molar-refractivity contribution in [2.24, 2.45) is 0 Å². The van der Waals surface area contributed by atoms with Gasteiger partial charge in [-0.2, -0.15) is 0 Å². The zero-order valence-electron chi connectivity index (χ0n) is 10.5. The third-order valence-electron chi connectivity index (χ3n) is 2.82. The first-order valence-corrected chi connectivity index (χ1v) is 5.48. The second-order valence-electron chi connectivity index (χ2n) is 4.53. The molecule has 0 aromatic rings. The maximum atomic E-state index is 5.87. The van der Waals surface area contributed by atoms with Crippen molar-refractivity contribution in [3.63, 3.8) is 0 Å². The van der Waals surface area contributed by atoms with Crippen LogP contribution >= 0.6 is 0 Å². The van der Waals surface area contributed by atoms with Gasteiger partial charge in [0.1, 0.15) is 0 Å². The van der Waals surface area contributed by atoms with Crippen molar-refractivity contribution < 1.29 is 9.47 Å². The monoisotopic (exact) mass is 230 g/mol. The molecule has 0 aromatic carbocycles. The van der Waals surface area contributed by atoms with E-state index in [0.29, 0.717) is 12.8 Å². The minimum absolute atomic E-state index is 0.435. The second-order valence-corrected chi connectivity index (χ2v) is 4.53. The van der Waals surface area contributed by atoms with Gasteiger partial charge in [-0.1, -0.05) is 24.0 Å². The Morgan fingerprint density at radius 2 is 1.35 bits per heavy atom. The van der Waals surface area contributed by atoms with E-state index in [1.807, 2.05) is 0 Å². The quantitative estimate of drug-likeness (QED) is 0.546. The Morgan fingerprint density at radius 3 is 1.59 bits per heavy atom. The molecule has 0 aromatic heterocycles. The third-order valence-corrected chi connectivity index (χ3v) is 2.82. The standard InChI is InChI=1S/C15H18O2/c1-7-11-14(9-3)15(10-4,12-8-2)17-13(5,6)16-14/h3-4,7-8H,1-2,11-12H2,5-6H3. The van der Waals surface area contributed by atoms with Gasteiger partial charge >= 0.3 is 0 Å². The maximum Gasteiger partial charge on any atom is 0.175 e. The lowest BCUT2D eigenvalue weighted by Crippen LogP contribution is -2.49. The first-order valence-electron chi connectivity index (χ1n) is 5.48. The minimum Gasteiger partial charge on any atom is -0.327 e. The van der Waals surface area contributed by atoms with Crippen LogP contribution in [0.2, 0.25) is 0 Å². The summed E-state index contributed by atoms with van der Waals surface area (Å²) in [6.45, 7) is 11.0. The predicted molar refractivity (Wildman–Crippen MR) is 69.0 cm³/mol. The lowest BCUT2D eigenvalue weighted by Gasteiger charge is -2.33. The van der Waals surface area contributed by atoms with Crippen LogP contribution in [0.15, 0.2) is 25.3 Å². The van der Waals surface area contributed by atoms with Crippen LogP contribution in [-0.2, 0) is 9.47 Å². The molecule has 0 spiro atoms. The average Bonchev–Trinajstić information content (AvgIpc) is 2.48. The largest absolute Gasteiger partial charge is 0.327 e. The van der Waals surface area contributed by atoms with Crippen LogP contribution in [-0.4, -0.2) is 17.0 Å². The van der Waals surface area contributed by atoms with Gasteiger partial charge in [0, 0.05) is 12.8 Å². The lowest BCUT2D eigenvalue weighted by molar-refractivity contribution is -0.159. The molecule has 2 nitrogen and oxygen atoms in total. The van der Waals surface area contributed by atoms with Crippen molar-refractivity contribution in [3.8, 4) is 24.7 Å². The number of hydrogen-bond acceptors (Lipinski definition) is 2. The van der Waals surface area contributed by atoms with Crippen molar-refractivity contribution in [3.05, 3.63) is 25.3 Å². The molecule has 1 heterocycles. The summed E-state index contributed by atoms with van der Waals surface area (Å²) in [4.78, 5) is 0. The zero-order chi connectivity index (χ0) is 13.2. The molecule has 1 fully saturated rings. The van der Waals surface area contributed by atoms with Crippen molar-refractivity contribution in [1.29, 1.82) is 0 Å². The van der Waals surface area contributed by atoms with E-state index < -0.39 is 17.0 Å². The summed E-state index contributed by atoms with van der Waals surface area (Å²) in [6.07, 6.45) is 15.5. The van der Waals surface area contributed by atoms with Gasteiger partial charge in [-0.3, -0.25) is 0 Å². The van der Waals surface area contributed by atoms with Crippen molar-refractivity contribution in [2.45, 2.75) is 43.7 Å².